The zero-order valence-corrected chi connectivity index (χ0v) is 15.3. The molecule has 25 heavy (non-hydrogen) atoms. The number of carboxylic acid groups (broad SMARTS) is 1. The third-order valence-electron chi connectivity index (χ3n) is 3.35. The summed E-state index contributed by atoms with van der Waals surface area (Å²) in [5.41, 5.74) is -0.00424. The Morgan fingerprint density at radius 2 is 1.92 bits per heavy atom. The highest BCUT2D eigenvalue weighted by molar-refractivity contribution is 9.10. The number of nitro benzene ring substituents is 1. The molecule has 0 amide bonds. The molecular weight excluding hydrogens is 416 g/mol. The Kier molecular flexibility index (Phi) is 5.43. The van der Waals surface area contributed by atoms with E-state index in [1.165, 1.54) is 25.1 Å². The summed E-state index contributed by atoms with van der Waals surface area (Å²) in [6.07, 6.45) is 0. The molecule has 0 spiro atoms. The highest BCUT2D eigenvalue weighted by atomic mass is 79.9. The molecule has 1 N–H and O–H groups in total. The Hall–Kier alpha value is -2.46. The van der Waals surface area contributed by atoms with Gasteiger partial charge in [0.1, 0.15) is 6.54 Å². The first-order valence-corrected chi connectivity index (χ1v) is 9.12. The fourth-order valence-corrected chi connectivity index (χ4v) is 4.47. The second kappa shape index (κ2) is 7.19. The molecule has 0 heterocycles. The Morgan fingerprint density at radius 1 is 1.28 bits per heavy atom. The van der Waals surface area contributed by atoms with Crippen LogP contribution in [0.2, 0.25) is 0 Å². The monoisotopic (exact) mass is 428 g/mol. The van der Waals surface area contributed by atoms with Gasteiger partial charge in [-0.3, -0.25) is 19.2 Å². The number of carbonyl (C=O) groups is 1. The zero-order valence-electron chi connectivity index (χ0n) is 12.9. The SMILES string of the molecule is Cc1ccc([N+](=O)[O-])cc1S(=O)(=O)N(CC(=O)O)c1ccccc1Br. The van der Waals surface area contributed by atoms with Crippen molar-refractivity contribution in [3.63, 3.8) is 0 Å². The molecule has 0 aromatic heterocycles. The van der Waals surface area contributed by atoms with Crippen LogP contribution in [0.3, 0.4) is 0 Å². The van der Waals surface area contributed by atoms with E-state index in [4.69, 9.17) is 5.11 Å². The van der Waals surface area contributed by atoms with Gasteiger partial charge in [0.15, 0.2) is 0 Å². The first-order valence-electron chi connectivity index (χ1n) is 6.88. The van der Waals surface area contributed by atoms with Crippen molar-refractivity contribution in [2.75, 3.05) is 10.8 Å². The van der Waals surface area contributed by atoms with Crippen LogP contribution in [-0.4, -0.2) is 31.0 Å². The van der Waals surface area contributed by atoms with Crippen LogP contribution in [0.25, 0.3) is 0 Å². The zero-order chi connectivity index (χ0) is 18.8. The Bertz CT molecular complexity index is 945. The van der Waals surface area contributed by atoms with E-state index in [1.54, 1.807) is 18.2 Å². The molecule has 0 saturated heterocycles. The van der Waals surface area contributed by atoms with Crippen LogP contribution >= 0.6 is 15.9 Å². The second-order valence-electron chi connectivity index (χ2n) is 5.06. The maximum atomic E-state index is 13.0. The van der Waals surface area contributed by atoms with Gasteiger partial charge in [0.25, 0.3) is 15.7 Å². The number of benzene rings is 2. The van der Waals surface area contributed by atoms with Gasteiger partial charge in [-0.15, -0.1) is 0 Å². The lowest BCUT2D eigenvalue weighted by Gasteiger charge is -2.24. The van der Waals surface area contributed by atoms with Crippen LogP contribution in [0.15, 0.2) is 51.8 Å². The van der Waals surface area contributed by atoms with Crippen molar-refractivity contribution in [3.05, 3.63) is 62.6 Å². The number of sulfonamides is 1. The molecule has 2 aromatic rings. The minimum Gasteiger partial charge on any atom is -0.480 e. The van der Waals surface area contributed by atoms with Gasteiger partial charge in [-0.05, 0) is 40.5 Å². The van der Waals surface area contributed by atoms with Crippen molar-refractivity contribution in [1.29, 1.82) is 0 Å². The van der Waals surface area contributed by atoms with Crippen molar-refractivity contribution in [2.24, 2.45) is 0 Å². The molecule has 0 fully saturated rings. The van der Waals surface area contributed by atoms with E-state index in [0.29, 0.717) is 8.78 Å². The van der Waals surface area contributed by atoms with Gasteiger partial charge >= 0.3 is 5.97 Å². The van der Waals surface area contributed by atoms with Gasteiger partial charge in [-0.1, -0.05) is 18.2 Å². The molecule has 0 aliphatic rings. The summed E-state index contributed by atoms with van der Waals surface area (Å²) in [6.45, 7) is 0.655. The summed E-state index contributed by atoms with van der Waals surface area (Å²) in [6, 6.07) is 9.65. The third kappa shape index (κ3) is 3.97. The number of hydrogen-bond acceptors (Lipinski definition) is 5. The molecule has 2 aromatic carbocycles. The molecular formula is C15H13BrN2O6S. The van der Waals surface area contributed by atoms with Crippen molar-refractivity contribution in [1.82, 2.24) is 0 Å². The number of anilines is 1. The quantitative estimate of drug-likeness (QED) is 0.557. The van der Waals surface area contributed by atoms with Crippen LogP contribution < -0.4 is 4.31 Å². The molecule has 0 radical (unpaired) electrons. The number of non-ortho nitro benzene ring substituents is 1. The smallest absolute Gasteiger partial charge is 0.324 e. The minimum atomic E-state index is -4.34. The van der Waals surface area contributed by atoms with Gasteiger partial charge < -0.3 is 5.11 Å². The molecule has 132 valence electrons. The summed E-state index contributed by atoms with van der Waals surface area (Å²) in [5, 5.41) is 20.1. The van der Waals surface area contributed by atoms with E-state index >= 15 is 0 Å². The fraction of sp³-hybridized carbons (Fsp3) is 0.133. The number of nitro groups is 1. The number of para-hydroxylation sites is 1. The molecule has 0 aliphatic heterocycles. The molecule has 10 heteroatoms. The van der Waals surface area contributed by atoms with Gasteiger partial charge in [-0.25, -0.2) is 8.42 Å². The van der Waals surface area contributed by atoms with Gasteiger partial charge in [0.05, 0.1) is 15.5 Å². The summed E-state index contributed by atoms with van der Waals surface area (Å²) in [5.74, 6) is -1.36. The molecule has 2 rings (SSSR count). The Labute approximate surface area is 152 Å². The predicted molar refractivity (Wildman–Crippen MR) is 94.1 cm³/mol. The highest BCUT2D eigenvalue weighted by Gasteiger charge is 2.31. The summed E-state index contributed by atoms with van der Waals surface area (Å²) < 4.78 is 27.1. The van der Waals surface area contributed by atoms with Gasteiger partial charge in [0.2, 0.25) is 0 Å². The lowest BCUT2D eigenvalue weighted by molar-refractivity contribution is -0.385. The number of aryl methyl sites for hydroxylation is 1. The van der Waals surface area contributed by atoms with Crippen molar-refractivity contribution in [3.8, 4) is 0 Å². The van der Waals surface area contributed by atoms with E-state index in [9.17, 15) is 23.3 Å². The first-order chi connectivity index (χ1) is 11.6. The van der Waals surface area contributed by atoms with E-state index in [1.807, 2.05) is 0 Å². The number of rotatable bonds is 6. The van der Waals surface area contributed by atoms with E-state index in [0.717, 1.165) is 6.07 Å². The molecule has 0 aliphatic carbocycles. The standard InChI is InChI=1S/C15H13BrN2O6S/c1-10-6-7-11(18(21)22)8-14(10)25(23,24)17(9-15(19)20)13-5-3-2-4-12(13)16/h2-8H,9H2,1H3,(H,19,20). The van der Waals surface area contributed by atoms with Crippen LogP contribution in [-0.2, 0) is 14.8 Å². The average Bonchev–Trinajstić information content (AvgIpc) is 2.53. The Morgan fingerprint density at radius 3 is 2.48 bits per heavy atom. The summed E-state index contributed by atoms with van der Waals surface area (Å²) >= 11 is 3.20. The van der Waals surface area contributed by atoms with E-state index < -0.39 is 33.1 Å². The summed E-state index contributed by atoms with van der Waals surface area (Å²) in [7, 11) is -4.34. The van der Waals surface area contributed by atoms with Crippen molar-refractivity contribution < 1.29 is 23.2 Å². The molecule has 0 bridgehead atoms. The largest absolute Gasteiger partial charge is 0.480 e. The van der Waals surface area contributed by atoms with Crippen LogP contribution in [0, 0.1) is 17.0 Å². The molecule has 8 nitrogen and oxygen atoms in total. The molecule has 0 atom stereocenters. The van der Waals surface area contributed by atoms with Gasteiger partial charge in [-0.2, -0.15) is 0 Å². The Balaban J connectivity index is 2.68. The second-order valence-corrected chi connectivity index (χ2v) is 7.75. The maximum Gasteiger partial charge on any atom is 0.324 e. The number of halogens is 1. The molecule has 0 saturated carbocycles. The fourth-order valence-electron chi connectivity index (χ4n) is 2.18. The van der Waals surface area contributed by atoms with Crippen LogP contribution in [0.5, 0.6) is 0 Å². The van der Waals surface area contributed by atoms with Crippen LogP contribution in [0.4, 0.5) is 11.4 Å². The van der Waals surface area contributed by atoms with E-state index in [2.05, 4.69) is 15.9 Å². The normalized spacial score (nSPS) is 11.1. The molecule has 0 unspecified atom stereocenters. The topological polar surface area (TPSA) is 118 Å². The lowest BCUT2D eigenvalue weighted by atomic mass is 10.2. The van der Waals surface area contributed by atoms with Gasteiger partial charge in [0, 0.05) is 16.6 Å². The predicted octanol–water partition coefficient (Wildman–Crippen LogP) is 2.95. The highest BCUT2D eigenvalue weighted by Crippen LogP contribution is 2.32. The average molecular weight is 429 g/mol. The number of carboxylic acids is 1. The van der Waals surface area contributed by atoms with E-state index in [-0.39, 0.29) is 16.1 Å². The first kappa shape index (κ1) is 18.9. The number of hydrogen-bond donors (Lipinski definition) is 1. The lowest BCUT2D eigenvalue weighted by Crippen LogP contribution is -2.36. The maximum absolute atomic E-state index is 13.0. The van der Waals surface area contributed by atoms with Crippen molar-refractivity contribution in [2.45, 2.75) is 11.8 Å². The number of nitrogens with zero attached hydrogens (tertiary/aromatic N) is 2. The van der Waals surface area contributed by atoms with Crippen molar-refractivity contribution >= 4 is 43.3 Å². The van der Waals surface area contributed by atoms with Crippen LogP contribution in [0.1, 0.15) is 5.56 Å². The number of aliphatic carboxylic acids is 1. The third-order valence-corrected chi connectivity index (χ3v) is 5.92. The summed E-state index contributed by atoms with van der Waals surface area (Å²) in [4.78, 5) is 21.1. The minimum absolute atomic E-state index is 0.121.